The minimum atomic E-state index is -4.89. The van der Waals surface area contributed by atoms with Gasteiger partial charge < -0.3 is 0 Å². The first-order chi connectivity index (χ1) is 5.93. The average molecular weight is 224 g/mol. The molecule has 0 spiro atoms. The van der Waals surface area contributed by atoms with E-state index in [9.17, 15) is 20.7 Å². The summed E-state index contributed by atoms with van der Waals surface area (Å²) >= 11 is 0. The van der Waals surface area contributed by atoms with E-state index in [1.807, 2.05) is 0 Å². The van der Waals surface area contributed by atoms with Crippen molar-refractivity contribution >= 4 is 25.4 Å². The summed E-state index contributed by atoms with van der Waals surface area (Å²) in [7, 11) is -7.61. The van der Waals surface area contributed by atoms with Gasteiger partial charge in [-0.2, -0.15) is 16.8 Å². The van der Waals surface area contributed by atoms with Crippen LogP contribution in [0.4, 0.5) is 3.89 Å². The highest BCUT2D eigenvalue weighted by atomic mass is 32.3. The van der Waals surface area contributed by atoms with Gasteiger partial charge in [0.1, 0.15) is 5.25 Å². The molecule has 1 aliphatic rings. The summed E-state index contributed by atoms with van der Waals surface area (Å²) in [6, 6.07) is 0. The third-order valence-electron chi connectivity index (χ3n) is 1.43. The van der Waals surface area contributed by atoms with Gasteiger partial charge in [-0.05, 0) is 6.08 Å². The maximum Gasteiger partial charge on any atom is 0.314 e. The van der Waals surface area contributed by atoms with Crippen LogP contribution in [-0.4, -0.2) is 27.0 Å². The van der Waals surface area contributed by atoms with Crippen molar-refractivity contribution in [2.75, 3.05) is 0 Å². The van der Waals surface area contributed by atoms with E-state index in [0.29, 0.717) is 0 Å². The van der Waals surface area contributed by atoms with Crippen LogP contribution in [0.5, 0.6) is 0 Å². The van der Waals surface area contributed by atoms with Gasteiger partial charge in [0.05, 0.1) is 4.86 Å². The molecule has 1 rings (SSSR count). The number of allylic oxidation sites excluding steroid dienone is 3. The summed E-state index contributed by atoms with van der Waals surface area (Å²) in [6.07, 6.45) is 4.62. The average Bonchev–Trinajstić information content (AvgIpc) is 2.03. The molecular weight excluding hydrogens is 219 g/mol. The van der Waals surface area contributed by atoms with Crippen LogP contribution < -0.4 is 0 Å². The summed E-state index contributed by atoms with van der Waals surface area (Å²) in [5.41, 5.74) is 0. The maximum atomic E-state index is 12.5. The van der Waals surface area contributed by atoms with Crippen molar-refractivity contribution in [3.05, 3.63) is 24.3 Å². The number of hydrogen-bond acceptors (Lipinski definition) is 4. The molecule has 0 N–H and O–H groups in total. The highest BCUT2D eigenvalue weighted by Crippen LogP contribution is 2.12. The molecule has 1 atom stereocenters. The summed E-state index contributed by atoms with van der Waals surface area (Å²) in [5, 5.41) is -1.70. The van der Waals surface area contributed by atoms with Gasteiger partial charge in [-0.1, -0.05) is 18.2 Å². The third kappa shape index (κ3) is 2.25. The molecule has 0 aromatic heterocycles. The topological polar surface area (TPSA) is 68.3 Å². The number of rotatable bonds is 1. The zero-order valence-electron chi connectivity index (χ0n) is 6.21. The Labute approximate surface area is 76.1 Å². The van der Waals surface area contributed by atoms with E-state index in [1.165, 1.54) is 12.2 Å². The normalized spacial score (nSPS) is 21.9. The first kappa shape index (κ1) is 10.1. The lowest BCUT2D eigenvalue weighted by molar-refractivity contribution is 0.551. The molecular formula is C6H5FO4S2. The lowest BCUT2D eigenvalue weighted by atomic mass is 10.2. The van der Waals surface area contributed by atoms with Gasteiger partial charge in [0.15, 0.2) is 0 Å². The third-order valence-corrected chi connectivity index (χ3v) is 3.38. The van der Waals surface area contributed by atoms with Crippen molar-refractivity contribution in [3.8, 4) is 0 Å². The van der Waals surface area contributed by atoms with E-state index in [0.717, 1.165) is 12.2 Å². The summed E-state index contributed by atoms with van der Waals surface area (Å²) in [6.45, 7) is 0. The summed E-state index contributed by atoms with van der Waals surface area (Å²) in [5.74, 6) is 0. The molecule has 0 amide bonds. The van der Waals surface area contributed by atoms with Gasteiger partial charge in [0, 0.05) is 0 Å². The van der Waals surface area contributed by atoms with E-state index in [2.05, 4.69) is 0 Å². The van der Waals surface area contributed by atoms with Crippen molar-refractivity contribution in [3.63, 3.8) is 0 Å². The van der Waals surface area contributed by atoms with Gasteiger partial charge in [0.25, 0.3) is 0 Å². The second kappa shape index (κ2) is 3.43. The van der Waals surface area contributed by atoms with Crippen LogP contribution in [-0.2, 0) is 20.5 Å². The Morgan fingerprint density at radius 2 is 1.92 bits per heavy atom. The Morgan fingerprint density at radius 1 is 1.31 bits per heavy atom. The fourth-order valence-electron chi connectivity index (χ4n) is 0.888. The van der Waals surface area contributed by atoms with Gasteiger partial charge >= 0.3 is 10.2 Å². The molecule has 0 saturated carbocycles. The van der Waals surface area contributed by atoms with E-state index >= 15 is 0 Å². The molecule has 1 aliphatic carbocycles. The fraction of sp³-hybridized carbons (Fsp3) is 0.167. The molecule has 0 aliphatic heterocycles. The zero-order chi connectivity index (χ0) is 10.1. The molecule has 0 aromatic carbocycles. The summed E-state index contributed by atoms with van der Waals surface area (Å²) in [4.78, 5) is -0.481. The lowest BCUT2D eigenvalue weighted by Crippen LogP contribution is -2.26. The van der Waals surface area contributed by atoms with Crippen molar-refractivity contribution in [2.24, 2.45) is 0 Å². The molecule has 0 bridgehead atoms. The molecule has 4 nitrogen and oxygen atoms in total. The van der Waals surface area contributed by atoms with Crippen LogP contribution >= 0.6 is 0 Å². The van der Waals surface area contributed by atoms with Crippen molar-refractivity contribution in [2.45, 2.75) is 5.25 Å². The Morgan fingerprint density at radius 3 is 2.31 bits per heavy atom. The molecule has 1 unspecified atom stereocenters. The standard InChI is InChI=1S/C6H5FO4S2/c7-13(10,11)6-4-2-1-3-5(6)12(8)9/h1-4,6H. The van der Waals surface area contributed by atoms with Crippen LogP contribution in [0.3, 0.4) is 0 Å². The number of hydrogen-bond donors (Lipinski definition) is 0. The zero-order valence-corrected chi connectivity index (χ0v) is 7.85. The van der Waals surface area contributed by atoms with Crippen LogP contribution in [0.2, 0.25) is 0 Å². The smallest absolute Gasteiger partial charge is 0.194 e. The predicted molar refractivity (Wildman–Crippen MR) is 46.0 cm³/mol. The van der Waals surface area contributed by atoms with Crippen LogP contribution in [0.1, 0.15) is 0 Å². The molecule has 72 valence electrons. The Kier molecular flexibility index (Phi) is 2.67. The molecule has 7 heteroatoms. The van der Waals surface area contributed by atoms with Crippen LogP contribution in [0.25, 0.3) is 0 Å². The van der Waals surface area contributed by atoms with Crippen molar-refractivity contribution < 1.29 is 20.7 Å². The van der Waals surface area contributed by atoms with Gasteiger partial charge in [0.2, 0.25) is 10.3 Å². The first-order valence-corrected chi connectivity index (χ1v) is 5.69. The first-order valence-electron chi connectivity index (χ1n) is 3.17. The highest BCUT2D eigenvalue weighted by molar-refractivity contribution is 7.89. The summed E-state index contributed by atoms with van der Waals surface area (Å²) < 4.78 is 54.3. The largest absolute Gasteiger partial charge is 0.314 e. The van der Waals surface area contributed by atoms with Crippen molar-refractivity contribution in [1.29, 1.82) is 0 Å². The molecule has 0 saturated heterocycles. The molecule has 0 aromatic rings. The Hall–Kier alpha value is -0.950. The van der Waals surface area contributed by atoms with E-state index in [-0.39, 0.29) is 0 Å². The Balaban J connectivity index is 3.36. The minimum Gasteiger partial charge on any atom is -0.194 e. The molecule has 0 radical (unpaired) electrons. The van der Waals surface area contributed by atoms with Gasteiger partial charge in [-0.25, -0.2) is 0 Å². The number of halogens is 1. The van der Waals surface area contributed by atoms with Gasteiger partial charge in [-0.15, -0.1) is 3.89 Å². The minimum absolute atomic E-state index is 0.481. The van der Waals surface area contributed by atoms with Crippen LogP contribution in [0.15, 0.2) is 24.3 Å². The fourth-order valence-corrected chi connectivity index (χ4v) is 2.56. The Bertz CT molecular complexity index is 487. The van der Waals surface area contributed by atoms with E-state index in [4.69, 9.17) is 0 Å². The van der Waals surface area contributed by atoms with E-state index in [1.54, 1.807) is 0 Å². The monoisotopic (exact) mass is 224 g/mol. The highest BCUT2D eigenvalue weighted by Gasteiger charge is 2.28. The second-order valence-corrected chi connectivity index (χ2v) is 4.68. The van der Waals surface area contributed by atoms with E-state index < -0.39 is 30.6 Å². The quantitative estimate of drug-likeness (QED) is 0.458. The lowest BCUT2D eigenvalue weighted by Gasteiger charge is -2.07. The van der Waals surface area contributed by atoms with Crippen LogP contribution in [0, 0.1) is 0 Å². The maximum absolute atomic E-state index is 12.5. The predicted octanol–water partition coefficient (Wildman–Crippen LogP) is -0.168. The second-order valence-electron chi connectivity index (χ2n) is 2.28. The molecule has 0 heterocycles. The van der Waals surface area contributed by atoms with Crippen molar-refractivity contribution in [1.82, 2.24) is 0 Å². The SMILES string of the molecule is O=S(=O)=C1C=CC=CC1S(=O)(=O)F. The molecule has 13 heavy (non-hydrogen) atoms. The molecule has 0 fully saturated rings. The van der Waals surface area contributed by atoms with Gasteiger partial charge in [-0.3, -0.25) is 0 Å².